The zero-order valence-electron chi connectivity index (χ0n) is 15.6. The van der Waals surface area contributed by atoms with Crippen molar-refractivity contribution in [3.05, 3.63) is 59.9 Å². The Bertz CT molecular complexity index is 1040. The van der Waals surface area contributed by atoms with Gasteiger partial charge < -0.3 is 9.47 Å². The molecule has 7 heteroatoms. The smallest absolute Gasteiger partial charge is 0.325 e. The molecule has 28 heavy (non-hydrogen) atoms. The second kappa shape index (κ2) is 6.65. The Labute approximate surface area is 160 Å². The highest BCUT2D eigenvalue weighted by Crippen LogP contribution is 2.37. The summed E-state index contributed by atoms with van der Waals surface area (Å²) in [5.74, 6) is 0.447. The van der Waals surface area contributed by atoms with Gasteiger partial charge in [-0.3, -0.25) is 4.79 Å². The maximum Gasteiger partial charge on any atom is 0.416 e. The summed E-state index contributed by atoms with van der Waals surface area (Å²) < 4.78 is 41.2. The van der Waals surface area contributed by atoms with Gasteiger partial charge in [0.15, 0.2) is 0 Å². The number of fused-ring (bicyclic) bond motifs is 1. The molecule has 4 rings (SSSR count). The molecule has 0 bridgehead atoms. The van der Waals surface area contributed by atoms with Crippen LogP contribution in [-0.4, -0.2) is 22.0 Å². The van der Waals surface area contributed by atoms with Gasteiger partial charge in [0.25, 0.3) is 0 Å². The number of alkyl halides is 3. The van der Waals surface area contributed by atoms with E-state index in [9.17, 15) is 18.0 Å². The van der Waals surface area contributed by atoms with E-state index in [-0.39, 0.29) is 30.0 Å². The molecule has 1 saturated heterocycles. The molecule has 1 amide bonds. The van der Waals surface area contributed by atoms with Crippen molar-refractivity contribution in [2.45, 2.75) is 38.4 Å². The van der Waals surface area contributed by atoms with Crippen LogP contribution >= 0.6 is 0 Å². The maximum absolute atomic E-state index is 13.0. The van der Waals surface area contributed by atoms with Gasteiger partial charge in [0.1, 0.15) is 5.82 Å². The largest absolute Gasteiger partial charge is 0.416 e. The van der Waals surface area contributed by atoms with Crippen molar-refractivity contribution in [2.24, 2.45) is 0 Å². The van der Waals surface area contributed by atoms with E-state index < -0.39 is 11.7 Å². The third-order valence-electron chi connectivity index (χ3n) is 5.11. The third-order valence-corrected chi connectivity index (χ3v) is 5.11. The number of carbonyl (C=O) groups excluding carboxylic acids is 1. The Hall–Kier alpha value is -2.83. The minimum Gasteiger partial charge on any atom is -0.325 e. The highest BCUT2D eigenvalue weighted by atomic mass is 19.4. The van der Waals surface area contributed by atoms with Gasteiger partial charge in [-0.05, 0) is 44.2 Å². The van der Waals surface area contributed by atoms with Gasteiger partial charge in [-0.2, -0.15) is 13.2 Å². The molecule has 1 atom stereocenters. The van der Waals surface area contributed by atoms with E-state index in [1.165, 1.54) is 11.0 Å². The number of anilines is 1. The molecule has 0 aliphatic carbocycles. The quantitative estimate of drug-likeness (QED) is 0.623. The minimum absolute atomic E-state index is 0.153. The van der Waals surface area contributed by atoms with Crippen LogP contribution in [0.4, 0.5) is 18.9 Å². The van der Waals surface area contributed by atoms with Crippen LogP contribution in [-0.2, 0) is 11.0 Å². The van der Waals surface area contributed by atoms with Gasteiger partial charge in [0.05, 0.1) is 16.6 Å². The van der Waals surface area contributed by atoms with Gasteiger partial charge in [0, 0.05) is 30.6 Å². The average Bonchev–Trinajstić information content (AvgIpc) is 3.21. The number of imidazole rings is 1. The van der Waals surface area contributed by atoms with E-state index >= 15 is 0 Å². The van der Waals surface area contributed by atoms with Crippen molar-refractivity contribution >= 4 is 22.6 Å². The molecular weight excluding hydrogens is 367 g/mol. The summed E-state index contributed by atoms with van der Waals surface area (Å²) in [5, 5.41) is 0. The van der Waals surface area contributed by atoms with E-state index in [0.717, 1.165) is 29.0 Å². The van der Waals surface area contributed by atoms with Gasteiger partial charge in [-0.1, -0.05) is 18.2 Å². The highest BCUT2D eigenvalue weighted by molar-refractivity contribution is 5.96. The molecule has 146 valence electrons. The second-order valence-electron chi connectivity index (χ2n) is 7.38. The number of carbonyl (C=O) groups is 1. The fourth-order valence-electron chi connectivity index (χ4n) is 3.87. The monoisotopic (exact) mass is 387 g/mol. The molecule has 1 aliphatic rings. The fraction of sp³-hybridized carbons (Fsp3) is 0.333. The first-order valence-electron chi connectivity index (χ1n) is 9.20. The number of hydrogen-bond acceptors (Lipinski definition) is 2. The summed E-state index contributed by atoms with van der Waals surface area (Å²) in [6.07, 6.45) is -4.21. The van der Waals surface area contributed by atoms with Crippen molar-refractivity contribution in [1.29, 1.82) is 0 Å². The SMILES string of the molecule is CC(C)n1c(C2CC(=O)N(c3cccc(C(F)(F)F)c3)C2)nc2ccccc21. The second-order valence-corrected chi connectivity index (χ2v) is 7.38. The van der Waals surface area contributed by atoms with Gasteiger partial charge >= 0.3 is 6.18 Å². The molecule has 3 aromatic rings. The molecule has 0 radical (unpaired) electrons. The number of para-hydroxylation sites is 2. The Morgan fingerprint density at radius 2 is 1.86 bits per heavy atom. The predicted molar refractivity (Wildman–Crippen MR) is 101 cm³/mol. The summed E-state index contributed by atoms with van der Waals surface area (Å²) in [6.45, 7) is 4.42. The van der Waals surface area contributed by atoms with Crippen LogP contribution in [0.1, 0.15) is 43.6 Å². The number of benzene rings is 2. The van der Waals surface area contributed by atoms with Crippen LogP contribution in [0.15, 0.2) is 48.5 Å². The Morgan fingerprint density at radius 1 is 1.11 bits per heavy atom. The zero-order valence-corrected chi connectivity index (χ0v) is 15.6. The van der Waals surface area contributed by atoms with E-state index in [1.807, 2.05) is 24.3 Å². The van der Waals surface area contributed by atoms with Crippen LogP contribution in [0.2, 0.25) is 0 Å². The molecule has 1 aromatic heterocycles. The molecule has 0 spiro atoms. The van der Waals surface area contributed by atoms with Gasteiger partial charge in [-0.25, -0.2) is 4.98 Å². The van der Waals surface area contributed by atoms with Gasteiger partial charge in [0.2, 0.25) is 5.91 Å². The summed E-state index contributed by atoms with van der Waals surface area (Å²) in [7, 11) is 0. The van der Waals surface area contributed by atoms with Crippen LogP contribution in [0.3, 0.4) is 0 Å². The fourth-order valence-corrected chi connectivity index (χ4v) is 3.87. The topological polar surface area (TPSA) is 38.1 Å². The highest BCUT2D eigenvalue weighted by Gasteiger charge is 2.36. The van der Waals surface area contributed by atoms with Crippen LogP contribution < -0.4 is 4.90 Å². The summed E-state index contributed by atoms with van der Waals surface area (Å²) in [5.41, 5.74) is 1.37. The first-order chi connectivity index (χ1) is 13.3. The van der Waals surface area contributed by atoms with Crippen molar-refractivity contribution < 1.29 is 18.0 Å². The molecule has 1 unspecified atom stereocenters. The number of aromatic nitrogens is 2. The van der Waals surface area contributed by atoms with E-state index in [1.54, 1.807) is 6.07 Å². The lowest BCUT2D eigenvalue weighted by Crippen LogP contribution is -2.25. The number of halogens is 3. The molecule has 4 nitrogen and oxygen atoms in total. The molecule has 1 fully saturated rings. The zero-order chi connectivity index (χ0) is 20.1. The third kappa shape index (κ3) is 3.15. The molecule has 1 aliphatic heterocycles. The predicted octanol–water partition coefficient (Wildman–Crippen LogP) is 5.16. The Morgan fingerprint density at radius 3 is 2.57 bits per heavy atom. The number of amides is 1. The normalized spacial score (nSPS) is 17.9. The Balaban J connectivity index is 1.70. The summed E-state index contributed by atoms with van der Waals surface area (Å²) >= 11 is 0. The molecule has 2 aromatic carbocycles. The van der Waals surface area contributed by atoms with E-state index in [0.29, 0.717) is 6.54 Å². The number of hydrogen-bond donors (Lipinski definition) is 0. The first-order valence-corrected chi connectivity index (χ1v) is 9.20. The summed E-state index contributed by atoms with van der Waals surface area (Å²) in [4.78, 5) is 18.8. The summed E-state index contributed by atoms with van der Waals surface area (Å²) in [6, 6.07) is 12.9. The lowest BCUT2D eigenvalue weighted by Gasteiger charge is -2.19. The molecular formula is C21H20F3N3O. The van der Waals surface area contributed by atoms with Crippen molar-refractivity contribution in [2.75, 3.05) is 11.4 Å². The van der Waals surface area contributed by atoms with Crippen molar-refractivity contribution in [3.63, 3.8) is 0 Å². The van der Waals surface area contributed by atoms with Crippen molar-refractivity contribution in [3.8, 4) is 0 Å². The standard InChI is InChI=1S/C21H20F3N3O/c1-13(2)27-18-9-4-3-8-17(18)25-20(27)14-10-19(28)26(12-14)16-7-5-6-15(11-16)21(22,23)24/h3-9,11,13-14H,10,12H2,1-2H3. The lowest BCUT2D eigenvalue weighted by atomic mass is 10.1. The van der Waals surface area contributed by atoms with E-state index in [2.05, 4.69) is 18.4 Å². The molecule has 0 N–H and O–H groups in total. The van der Waals surface area contributed by atoms with Crippen molar-refractivity contribution in [1.82, 2.24) is 9.55 Å². The lowest BCUT2D eigenvalue weighted by molar-refractivity contribution is -0.137. The first kappa shape index (κ1) is 18.5. The maximum atomic E-state index is 13.0. The molecule has 0 saturated carbocycles. The van der Waals surface area contributed by atoms with Gasteiger partial charge in [-0.15, -0.1) is 0 Å². The van der Waals surface area contributed by atoms with Crippen LogP contribution in [0.5, 0.6) is 0 Å². The van der Waals surface area contributed by atoms with Crippen LogP contribution in [0.25, 0.3) is 11.0 Å². The van der Waals surface area contributed by atoms with E-state index in [4.69, 9.17) is 4.98 Å². The average molecular weight is 387 g/mol. The minimum atomic E-state index is -4.44. The molecule has 2 heterocycles. The number of rotatable bonds is 3. The number of nitrogens with zero attached hydrogens (tertiary/aromatic N) is 3. The van der Waals surface area contributed by atoms with Crippen LogP contribution in [0, 0.1) is 0 Å². The Kier molecular flexibility index (Phi) is 4.40.